The van der Waals surface area contributed by atoms with Crippen molar-refractivity contribution < 1.29 is 14.5 Å². The minimum atomic E-state index is -0.553. The fourth-order valence-corrected chi connectivity index (χ4v) is 3.83. The van der Waals surface area contributed by atoms with Crippen LogP contribution in [0.15, 0.2) is 0 Å². The molecule has 0 radical (unpaired) electrons. The molecule has 1 aromatic rings. The number of rotatable bonds is 6. The Labute approximate surface area is 135 Å². The van der Waals surface area contributed by atoms with Gasteiger partial charge in [-0.15, -0.1) is 0 Å². The summed E-state index contributed by atoms with van der Waals surface area (Å²) >= 11 is 0. The Morgan fingerprint density at radius 3 is 2.61 bits per heavy atom. The SMILES string of the molecule is CCC1(CC)[C@@H](OC)C[C@H]1NC(=O)c1c([N+](=O)[O-])c(C)nn1C. The summed E-state index contributed by atoms with van der Waals surface area (Å²) in [4.78, 5) is 23.3. The smallest absolute Gasteiger partial charge is 0.322 e. The molecule has 23 heavy (non-hydrogen) atoms. The third-order valence-corrected chi connectivity index (χ3v) is 5.28. The van der Waals surface area contributed by atoms with Crippen LogP contribution in [0.2, 0.25) is 0 Å². The average molecular weight is 324 g/mol. The molecule has 1 aliphatic carbocycles. The summed E-state index contributed by atoms with van der Waals surface area (Å²) < 4.78 is 6.79. The summed E-state index contributed by atoms with van der Waals surface area (Å²) in [5, 5.41) is 18.2. The molecule has 0 spiro atoms. The van der Waals surface area contributed by atoms with Gasteiger partial charge in [0.25, 0.3) is 5.91 Å². The lowest BCUT2D eigenvalue weighted by atomic mass is 9.58. The third-order valence-electron chi connectivity index (χ3n) is 5.28. The van der Waals surface area contributed by atoms with Gasteiger partial charge in [0.05, 0.1) is 11.0 Å². The number of hydrogen-bond acceptors (Lipinski definition) is 5. The average Bonchev–Trinajstić information content (AvgIpc) is 2.79. The highest BCUT2D eigenvalue weighted by Crippen LogP contribution is 2.48. The number of hydrogen-bond donors (Lipinski definition) is 1. The number of ether oxygens (including phenoxy) is 1. The Balaban J connectivity index is 2.26. The molecular formula is C15H24N4O4. The van der Waals surface area contributed by atoms with Crippen LogP contribution >= 0.6 is 0 Å². The molecule has 0 saturated heterocycles. The Kier molecular flexibility index (Phi) is 4.74. The van der Waals surface area contributed by atoms with E-state index >= 15 is 0 Å². The first-order valence-electron chi connectivity index (χ1n) is 7.84. The first kappa shape index (κ1) is 17.4. The maximum absolute atomic E-state index is 12.6. The minimum Gasteiger partial charge on any atom is -0.381 e. The zero-order valence-corrected chi connectivity index (χ0v) is 14.3. The van der Waals surface area contributed by atoms with E-state index in [1.54, 1.807) is 14.2 Å². The topological polar surface area (TPSA) is 99.3 Å². The molecule has 8 heteroatoms. The predicted octanol–water partition coefficient (Wildman–Crippen LogP) is 1.96. The molecule has 1 fully saturated rings. The van der Waals surface area contributed by atoms with Crippen LogP contribution in [0.1, 0.15) is 49.3 Å². The molecule has 2 atom stereocenters. The zero-order chi connectivity index (χ0) is 17.4. The van der Waals surface area contributed by atoms with Crippen molar-refractivity contribution in [2.24, 2.45) is 12.5 Å². The Morgan fingerprint density at radius 2 is 2.13 bits per heavy atom. The summed E-state index contributed by atoms with van der Waals surface area (Å²) in [7, 11) is 3.22. The molecule has 1 aromatic heterocycles. The molecule has 1 heterocycles. The number of nitrogens with one attached hydrogen (secondary N) is 1. The molecule has 0 aliphatic heterocycles. The standard InChI is InChI=1S/C15H24N4O4/c1-6-15(7-2)10(8-11(15)23-5)16-14(20)13-12(19(21)22)9(3)17-18(13)4/h10-11H,6-8H2,1-5H3,(H,16,20)/t10-,11+/m1/s1. The van der Waals surface area contributed by atoms with Gasteiger partial charge < -0.3 is 10.1 Å². The first-order chi connectivity index (χ1) is 10.8. The molecule has 1 aliphatic rings. The number of carbonyl (C=O) groups excluding carboxylic acids is 1. The molecule has 0 aromatic carbocycles. The predicted molar refractivity (Wildman–Crippen MR) is 84.3 cm³/mol. The highest BCUT2D eigenvalue weighted by atomic mass is 16.6. The number of nitro groups is 1. The molecule has 128 valence electrons. The van der Waals surface area contributed by atoms with Crippen molar-refractivity contribution in [2.45, 2.75) is 52.2 Å². The number of methoxy groups -OCH3 is 1. The maximum atomic E-state index is 12.6. The van der Waals surface area contributed by atoms with E-state index in [9.17, 15) is 14.9 Å². The van der Waals surface area contributed by atoms with E-state index in [1.165, 1.54) is 11.6 Å². The van der Waals surface area contributed by atoms with Crippen LogP contribution in [0.5, 0.6) is 0 Å². The number of aromatic nitrogens is 2. The van der Waals surface area contributed by atoms with Gasteiger partial charge in [0.15, 0.2) is 0 Å². The normalized spacial score (nSPS) is 22.5. The van der Waals surface area contributed by atoms with Gasteiger partial charge in [-0.1, -0.05) is 13.8 Å². The third kappa shape index (κ3) is 2.60. The molecular weight excluding hydrogens is 300 g/mol. The van der Waals surface area contributed by atoms with Crippen LogP contribution in [0.25, 0.3) is 0 Å². The van der Waals surface area contributed by atoms with Crippen LogP contribution in [0.3, 0.4) is 0 Å². The van der Waals surface area contributed by atoms with Crippen molar-refractivity contribution in [3.8, 4) is 0 Å². The summed E-state index contributed by atoms with van der Waals surface area (Å²) in [6.07, 6.45) is 2.57. The molecule has 0 unspecified atom stereocenters. The van der Waals surface area contributed by atoms with Crippen molar-refractivity contribution in [1.29, 1.82) is 0 Å². The van der Waals surface area contributed by atoms with E-state index < -0.39 is 10.8 Å². The van der Waals surface area contributed by atoms with Gasteiger partial charge in [-0.3, -0.25) is 19.6 Å². The van der Waals surface area contributed by atoms with Gasteiger partial charge in [0, 0.05) is 25.6 Å². The number of carbonyl (C=O) groups is 1. The molecule has 2 rings (SSSR count). The summed E-state index contributed by atoms with van der Waals surface area (Å²) in [5.74, 6) is -0.453. The van der Waals surface area contributed by atoms with E-state index in [1.807, 2.05) is 0 Å². The Hall–Kier alpha value is -1.96. The van der Waals surface area contributed by atoms with Crippen LogP contribution in [0.4, 0.5) is 5.69 Å². The molecule has 1 N–H and O–H groups in total. The van der Waals surface area contributed by atoms with Gasteiger partial charge in [0.2, 0.25) is 5.69 Å². The van der Waals surface area contributed by atoms with E-state index in [-0.39, 0.29) is 34.6 Å². The van der Waals surface area contributed by atoms with Crippen LogP contribution < -0.4 is 5.32 Å². The van der Waals surface area contributed by atoms with Gasteiger partial charge >= 0.3 is 5.69 Å². The Morgan fingerprint density at radius 1 is 1.52 bits per heavy atom. The Bertz CT molecular complexity index is 621. The van der Waals surface area contributed by atoms with E-state index in [0.29, 0.717) is 6.42 Å². The first-order valence-corrected chi connectivity index (χ1v) is 7.84. The molecule has 0 bridgehead atoms. The minimum absolute atomic E-state index is 0.00512. The maximum Gasteiger partial charge on any atom is 0.322 e. The van der Waals surface area contributed by atoms with E-state index in [4.69, 9.17) is 4.74 Å². The van der Waals surface area contributed by atoms with E-state index in [2.05, 4.69) is 24.3 Å². The second kappa shape index (κ2) is 6.27. The van der Waals surface area contributed by atoms with Crippen molar-refractivity contribution in [3.05, 3.63) is 21.5 Å². The highest BCUT2D eigenvalue weighted by Gasteiger charge is 2.54. The number of nitrogens with zero attached hydrogens (tertiary/aromatic N) is 3. The van der Waals surface area contributed by atoms with E-state index in [0.717, 1.165) is 12.8 Å². The monoisotopic (exact) mass is 324 g/mol. The van der Waals surface area contributed by atoms with Gasteiger partial charge in [-0.2, -0.15) is 5.10 Å². The van der Waals surface area contributed by atoms with Crippen molar-refractivity contribution in [2.75, 3.05) is 7.11 Å². The second-order valence-corrected chi connectivity index (χ2v) is 6.09. The largest absolute Gasteiger partial charge is 0.381 e. The van der Waals surface area contributed by atoms with Crippen LogP contribution in [0, 0.1) is 22.5 Å². The highest BCUT2D eigenvalue weighted by molar-refractivity contribution is 5.97. The second-order valence-electron chi connectivity index (χ2n) is 6.09. The molecule has 8 nitrogen and oxygen atoms in total. The van der Waals surface area contributed by atoms with Gasteiger partial charge in [-0.25, -0.2) is 0 Å². The lowest BCUT2D eigenvalue weighted by molar-refractivity contribution is -0.385. The quantitative estimate of drug-likeness (QED) is 0.637. The number of amides is 1. The van der Waals surface area contributed by atoms with Gasteiger partial charge in [0.1, 0.15) is 5.69 Å². The molecule has 1 saturated carbocycles. The lowest BCUT2D eigenvalue weighted by Crippen LogP contribution is -2.64. The molecule has 1 amide bonds. The van der Waals surface area contributed by atoms with Crippen molar-refractivity contribution >= 4 is 11.6 Å². The zero-order valence-electron chi connectivity index (χ0n) is 14.3. The van der Waals surface area contributed by atoms with Crippen molar-refractivity contribution in [1.82, 2.24) is 15.1 Å². The summed E-state index contributed by atoms with van der Waals surface area (Å²) in [5.41, 5.74) is -0.115. The van der Waals surface area contributed by atoms with Crippen LogP contribution in [-0.4, -0.2) is 39.9 Å². The van der Waals surface area contributed by atoms with Gasteiger partial charge in [-0.05, 0) is 26.2 Å². The summed E-state index contributed by atoms with van der Waals surface area (Å²) in [6.45, 7) is 5.68. The van der Waals surface area contributed by atoms with Crippen LogP contribution in [-0.2, 0) is 11.8 Å². The summed E-state index contributed by atoms with van der Waals surface area (Å²) in [6, 6.07) is -0.0511. The fourth-order valence-electron chi connectivity index (χ4n) is 3.83. The van der Waals surface area contributed by atoms with Crippen molar-refractivity contribution in [3.63, 3.8) is 0 Å². The fraction of sp³-hybridized carbons (Fsp3) is 0.733. The lowest BCUT2D eigenvalue weighted by Gasteiger charge is -2.55. The number of aryl methyl sites for hydroxylation is 2.